The Kier molecular flexibility index (Phi) is 7.31. The van der Waals surface area contributed by atoms with Crippen molar-refractivity contribution in [2.24, 2.45) is 5.92 Å². The molecule has 1 aliphatic heterocycles. The van der Waals surface area contributed by atoms with Gasteiger partial charge < -0.3 is 10.6 Å². The molecule has 8 nitrogen and oxygen atoms in total. The molecular formula is C19H27N3O5S. The summed E-state index contributed by atoms with van der Waals surface area (Å²) in [5, 5.41) is 5.33. The Morgan fingerprint density at radius 3 is 2.43 bits per heavy atom. The Hall–Kier alpha value is -2.26. The maximum Gasteiger partial charge on any atom is 0.243 e. The number of Topliss-reactive ketones (excluding diaryl/α,β-unsaturated/α-hetero) is 1. The number of likely N-dealkylation sites (N-methyl/N-ethyl adjacent to an activating group) is 1. The van der Waals surface area contributed by atoms with Crippen molar-refractivity contribution in [3.05, 3.63) is 29.8 Å². The average Bonchev–Trinajstić information content (AvgIpc) is 2.68. The van der Waals surface area contributed by atoms with Crippen LogP contribution in [-0.4, -0.2) is 56.0 Å². The van der Waals surface area contributed by atoms with Crippen LogP contribution in [0.15, 0.2) is 29.2 Å². The largest absolute Gasteiger partial charge is 0.355 e. The maximum absolute atomic E-state index is 12.8. The Morgan fingerprint density at radius 1 is 1.21 bits per heavy atom. The number of sulfonamides is 1. The number of carbonyl (C=O) groups is 3. The zero-order valence-electron chi connectivity index (χ0n) is 16.4. The summed E-state index contributed by atoms with van der Waals surface area (Å²) in [4.78, 5) is 35.7. The van der Waals surface area contributed by atoms with E-state index in [0.29, 0.717) is 24.9 Å². The SMILES string of the molecule is CCNC(=O)[C@@H](C)NC(=O)C1CCN(S(=O)(=O)c2cccc(C(C)=O)c2)CC1. The van der Waals surface area contributed by atoms with Crippen LogP contribution in [0, 0.1) is 5.92 Å². The van der Waals surface area contributed by atoms with E-state index in [2.05, 4.69) is 10.6 Å². The molecule has 1 saturated heterocycles. The number of nitrogens with one attached hydrogen (secondary N) is 2. The van der Waals surface area contributed by atoms with E-state index in [1.54, 1.807) is 26.0 Å². The van der Waals surface area contributed by atoms with Crippen LogP contribution < -0.4 is 10.6 Å². The van der Waals surface area contributed by atoms with E-state index in [1.165, 1.54) is 23.4 Å². The second kappa shape index (κ2) is 9.29. The minimum absolute atomic E-state index is 0.0768. The summed E-state index contributed by atoms with van der Waals surface area (Å²) < 4.78 is 27.0. The summed E-state index contributed by atoms with van der Waals surface area (Å²) in [6, 6.07) is 5.34. The summed E-state index contributed by atoms with van der Waals surface area (Å²) >= 11 is 0. The number of piperidine rings is 1. The van der Waals surface area contributed by atoms with Gasteiger partial charge in [0.15, 0.2) is 5.78 Å². The molecule has 1 aromatic carbocycles. The van der Waals surface area contributed by atoms with Crippen LogP contribution in [0.1, 0.15) is 44.0 Å². The molecule has 0 spiro atoms. The molecule has 1 aliphatic rings. The topological polar surface area (TPSA) is 113 Å². The fourth-order valence-electron chi connectivity index (χ4n) is 3.11. The number of benzene rings is 1. The molecule has 0 saturated carbocycles. The minimum Gasteiger partial charge on any atom is -0.355 e. The maximum atomic E-state index is 12.8. The van der Waals surface area contributed by atoms with E-state index >= 15 is 0 Å². The number of rotatable bonds is 7. The lowest BCUT2D eigenvalue weighted by Gasteiger charge is -2.31. The first-order chi connectivity index (χ1) is 13.2. The highest BCUT2D eigenvalue weighted by Crippen LogP contribution is 2.24. The Labute approximate surface area is 165 Å². The van der Waals surface area contributed by atoms with Crippen molar-refractivity contribution in [3.8, 4) is 0 Å². The van der Waals surface area contributed by atoms with Crippen LogP contribution in [0.3, 0.4) is 0 Å². The van der Waals surface area contributed by atoms with Crippen molar-refractivity contribution in [2.75, 3.05) is 19.6 Å². The van der Waals surface area contributed by atoms with Crippen LogP contribution in [-0.2, 0) is 19.6 Å². The van der Waals surface area contributed by atoms with E-state index in [1.807, 2.05) is 0 Å². The third-order valence-corrected chi connectivity index (χ3v) is 6.70. The molecule has 1 fully saturated rings. The molecule has 0 aliphatic carbocycles. The van der Waals surface area contributed by atoms with E-state index < -0.39 is 16.1 Å². The highest BCUT2D eigenvalue weighted by atomic mass is 32.2. The fraction of sp³-hybridized carbons (Fsp3) is 0.526. The molecule has 2 N–H and O–H groups in total. The highest BCUT2D eigenvalue weighted by Gasteiger charge is 2.33. The lowest BCUT2D eigenvalue weighted by atomic mass is 9.97. The summed E-state index contributed by atoms with van der Waals surface area (Å²) in [7, 11) is -3.73. The van der Waals surface area contributed by atoms with Gasteiger partial charge in [-0.2, -0.15) is 4.31 Å². The third-order valence-electron chi connectivity index (χ3n) is 4.81. The molecule has 154 valence electrons. The normalized spacial score (nSPS) is 17.0. The standard InChI is InChI=1S/C19H27N3O5S/c1-4-20-18(24)13(2)21-19(25)15-8-10-22(11-9-15)28(26,27)17-7-5-6-16(12-17)14(3)23/h5-7,12-13,15H,4,8-11H2,1-3H3,(H,20,24)(H,21,25)/t13-/m1/s1. The molecule has 0 bridgehead atoms. The molecule has 28 heavy (non-hydrogen) atoms. The summed E-state index contributed by atoms with van der Waals surface area (Å²) in [5.74, 6) is -1.03. The van der Waals surface area contributed by atoms with E-state index in [4.69, 9.17) is 0 Å². The van der Waals surface area contributed by atoms with E-state index in [0.717, 1.165) is 0 Å². The first-order valence-corrected chi connectivity index (χ1v) is 10.8. The van der Waals surface area contributed by atoms with Gasteiger partial charge in [-0.3, -0.25) is 14.4 Å². The number of amides is 2. The average molecular weight is 410 g/mol. The van der Waals surface area contributed by atoms with Crippen molar-refractivity contribution in [1.82, 2.24) is 14.9 Å². The second-order valence-corrected chi connectivity index (χ2v) is 8.83. The first-order valence-electron chi connectivity index (χ1n) is 9.36. The van der Waals surface area contributed by atoms with Crippen LogP contribution in [0.2, 0.25) is 0 Å². The Bertz CT molecular complexity index is 845. The Morgan fingerprint density at radius 2 is 1.86 bits per heavy atom. The molecule has 0 radical (unpaired) electrons. The molecule has 1 heterocycles. The number of ketones is 1. The fourth-order valence-corrected chi connectivity index (χ4v) is 4.62. The van der Waals surface area contributed by atoms with Gasteiger partial charge in [-0.05, 0) is 45.7 Å². The zero-order chi connectivity index (χ0) is 20.9. The molecule has 2 amide bonds. The van der Waals surface area contributed by atoms with Gasteiger partial charge in [-0.1, -0.05) is 12.1 Å². The van der Waals surface area contributed by atoms with Gasteiger partial charge in [0.2, 0.25) is 21.8 Å². The smallest absolute Gasteiger partial charge is 0.243 e. The predicted octanol–water partition coefficient (Wildman–Crippen LogP) is 0.931. The van der Waals surface area contributed by atoms with Gasteiger partial charge in [0.25, 0.3) is 0 Å². The molecule has 9 heteroatoms. The lowest BCUT2D eigenvalue weighted by molar-refractivity contribution is -0.131. The van der Waals surface area contributed by atoms with Crippen LogP contribution in [0.25, 0.3) is 0 Å². The van der Waals surface area contributed by atoms with Crippen molar-refractivity contribution in [3.63, 3.8) is 0 Å². The molecule has 1 atom stereocenters. The highest BCUT2D eigenvalue weighted by molar-refractivity contribution is 7.89. The number of carbonyl (C=O) groups excluding carboxylic acids is 3. The van der Waals surface area contributed by atoms with Crippen molar-refractivity contribution in [2.45, 2.75) is 44.6 Å². The first kappa shape index (κ1) is 22.0. The minimum atomic E-state index is -3.73. The van der Waals surface area contributed by atoms with Crippen molar-refractivity contribution >= 4 is 27.6 Å². The van der Waals surface area contributed by atoms with Gasteiger partial charge in [0, 0.05) is 31.1 Å². The Balaban J connectivity index is 1.99. The molecular weight excluding hydrogens is 382 g/mol. The second-order valence-electron chi connectivity index (χ2n) is 6.89. The van der Waals surface area contributed by atoms with Gasteiger partial charge >= 0.3 is 0 Å². The molecule has 2 rings (SSSR count). The van der Waals surface area contributed by atoms with E-state index in [9.17, 15) is 22.8 Å². The number of hydrogen-bond donors (Lipinski definition) is 2. The van der Waals surface area contributed by atoms with Gasteiger partial charge in [-0.25, -0.2) is 8.42 Å². The van der Waals surface area contributed by atoms with Crippen LogP contribution in [0.4, 0.5) is 0 Å². The van der Waals surface area contributed by atoms with Gasteiger partial charge in [0.05, 0.1) is 4.90 Å². The van der Waals surface area contributed by atoms with Gasteiger partial charge in [0.1, 0.15) is 6.04 Å². The lowest BCUT2D eigenvalue weighted by Crippen LogP contribution is -2.49. The van der Waals surface area contributed by atoms with Crippen LogP contribution >= 0.6 is 0 Å². The van der Waals surface area contributed by atoms with Gasteiger partial charge in [-0.15, -0.1) is 0 Å². The molecule has 0 aromatic heterocycles. The zero-order valence-corrected chi connectivity index (χ0v) is 17.2. The molecule has 1 aromatic rings. The monoisotopic (exact) mass is 409 g/mol. The molecule has 0 unspecified atom stereocenters. The summed E-state index contributed by atoms with van der Waals surface area (Å²) in [5.41, 5.74) is 0.342. The van der Waals surface area contributed by atoms with Crippen molar-refractivity contribution in [1.29, 1.82) is 0 Å². The third kappa shape index (κ3) is 5.17. The van der Waals surface area contributed by atoms with Crippen LogP contribution in [0.5, 0.6) is 0 Å². The quantitative estimate of drug-likeness (QED) is 0.651. The van der Waals surface area contributed by atoms with E-state index in [-0.39, 0.29) is 41.5 Å². The predicted molar refractivity (Wildman–Crippen MR) is 104 cm³/mol. The number of nitrogens with zero attached hydrogens (tertiary/aromatic N) is 1. The summed E-state index contributed by atoms with van der Waals surface area (Å²) in [6.45, 7) is 5.71. The summed E-state index contributed by atoms with van der Waals surface area (Å²) in [6.07, 6.45) is 0.749. The number of hydrogen-bond acceptors (Lipinski definition) is 5. The van der Waals surface area contributed by atoms with Crippen molar-refractivity contribution < 1.29 is 22.8 Å².